The summed E-state index contributed by atoms with van der Waals surface area (Å²) in [7, 11) is 0. The number of amides is 2. The predicted molar refractivity (Wildman–Crippen MR) is 93.3 cm³/mol. The Balaban J connectivity index is 1.65. The fourth-order valence-electron chi connectivity index (χ4n) is 2.77. The first-order valence-corrected chi connectivity index (χ1v) is 8.92. The van der Waals surface area contributed by atoms with E-state index in [1.165, 1.54) is 6.20 Å². The van der Waals surface area contributed by atoms with Crippen LogP contribution in [0.15, 0.2) is 23.8 Å². The smallest absolute Gasteiger partial charge is 0.313 e. The predicted octanol–water partition coefficient (Wildman–Crippen LogP) is 2.84. The molecule has 1 fully saturated rings. The lowest BCUT2D eigenvalue weighted by atomic mass is 9.98. The fraction of sp³-hybridized carbons (Fsp3) is 0.375. The summed E-state index contributed by atoms with van der Waals surface area (Å²) in [4.78, 5) is 34.6. The molecule has 0 unspecified atom stereocenters. The Morgan fingerprint density at radius 3 is 2.96 bits per heavy atom. The zero-order valence-electron chi connectivity index (χ0n) is 13.2. The minimum absolute atomic E-state index is 0.203. The molecular weight excluding hydrogens is 348 g/mol. The normalized spacial score (nSPS) is 17.6. The second-order valence-electron chi connectivity index (χ2n) is 5.74. The summed E-state index contributed by atoms with van der Waals surface area (Å²) in [6, 6.07) is 1.64. The summed E-state index contributed by atoms with van der Waals surface area (Å²) in [5.41, 5.74) is 1.25. The van der Waals surface area contributed by atoms with Gasteiger partial charge in [-0.1, -0.05) is 11.6 Å². The third-order valence-electron chi connectivity index (χ3n) is 4.03. The standard InChI is InChI=1S/C16H17ClN4O2S/c1-10-7-13(17)19-8-12(10)20-14(22)16(23)21-5-2-3-11(9-21)15-18-4-6-24-15/h4,6-8,11H,2-3,5,9H2,1H3,(H,20,22)/t11-/m1/s1. The number of aryl methyl sites for hydroxylation is 1. The Hall–Kier alpha value is -1.99. The minimum Gasteiger partial charge on any atom is -0.334 e. The van der Waals surface area contributed by atoms with Crippen LogP contribution in [0.2, 0.25) is 5.15 Å². The first-order valence-electron chi connectivity index (χ1n) is 7.66. The molecule has 1 aliphatic rings. The fourth-order valence-corrected chi connectivity index (χ4v) is 3.75. The Morgan fingerprint density at radius 2 is 2.25 bits per heavy atom. The van der Waals surface area contributed by atoms with Crippen LogP contribution in [0.4, 0.5) is 5.69 Å². The van der Waals surface area contributed by atoms with Crippen LogP contribution in [-0.2, 0) is 9.59 Å². The number of aromatic nitrogens is 2. The van der Waals surface area contributed by atoms with Crippen molar-refractivity contribution < 1.29 is 9.59 Å². The molecule has 3 rings (SSSR count). The number of nitrogens with one attached hydrogen (secondary N) is 1. The highest BCUT2D eigenvalue weighted by molar-refractivity contribution is 7.09. The lowest BCUT2D eigenvalue weighted by molar-refractivity contribution is -0.144. The molecule has 0 spiro atoms. The molecule has 0 aromatic carbocycles. The monoisotopic (exact) mass is 364 g/mol. The zero-order valence-corrected chi connectivity index (χ0v) is 14.7. The van der Waals surface area contributed by atoms with E-state index in [9.17, 15) is 9.59 Å². The molecule has 1 aliphatic heterocycles. The second kappa shape index (κ2) is 7.27. The molecule has 24 heavy (non-hydrogen) atoms. The van der Waals surface area contributed by atoms with Crippen molar-refractivity contribution in [1.29, 1.82) is 0 Å². The number of halogens is 1. The van der Waals surface area contributed by atoms with E-state index in [0.29, 0.717) is 23.9 Å². The van der Waals surface area contributed by atoms with Crippen LogP contribution in [0.1, 0.15) is 29.3 Å². The Bertz CT molecular complexity index is 751. The van der Waals surface area contributed by atoms with Crippen LogP contribution in [-0.4, -0.2) is 39.8 Å². The molecule has 1 N–H and O–H groups in total. The molecule has 2 aromatic heterocycles. The Morgan fingerprint density at radius 1 is 1.42 bits per heavy atom. The van der Waals surface area contributed by atoms with Gasteiger partial charge in [-0.3, -0.25) is 9.59 Å². The van der Waals surface area contributed by atoms with Crippen molar-refractivity contribution in [2.45, 2.75) is 25.7 Å². The van der Waals surface area contributed by atoms with Gasteiger partial charge in [-0.15, -0.1) is 11.3 Å². The van der Waals surface area contributed by atoms with Crippen molar-refractivity contribution in [2.24, 2.45) is 0 Å². The van der Waals surface area contributed by atoms with Crippen LogP contribution < -0.4 is 5.32 Å². The summed E-state index contributed by atoms with van der Waals surface area (Å²) in [5.74, 6) is -0.970. The summed E-state index contributed by atoms with van der Waals surface area (Å²) >= 11 is 7.39. The van der Waals surface area contributed by atoms with E-state index in [1.54, 1.807) is 35.4 Å². The SMILES string of the molecule is Cc1cc(Cl)ncc1NC(=O)C(=O)N1CCC[C@@H](c2nccs2)C1. The third-order valence-corrected chi connectivity index (χ3v) is 5.17. The third kappa shape index (κ3) is 3.73. The lowest BCUT2D eigenvalue weighted by Crippen LogP contribution is -2.44. The van der Waals surface area contributed by atoms with Crippen molar-refractivity contribution in [3.8, 4) is 0 Å². The Labute approximate surface area is 148 Å². The van der Waals surface area contributed by atoms with Crippen molar-refractivity contribution in [1.82, 2.24) is 14.9 Å². The zero-order chi connectivity index (χ0) is 17.1. The van der Waals surface area contributed by atoms with Crippen LogP contribution in [0.5, 0.6) is 0 Å². The first-order chi connectivity index (χ1) is 11.5. The number of hydrogen-bond acceptors (Lipinski definition) is 5. The second-order valence-corrected chi connectivity index (χ2v) is 7.05. The molecule has 3 heterocycles. The number of thiazole rings is 1. The van der Waals surface area contributed by atoms with Gasteiger partial charge in [0.25, 0.3) is 0 Å². The highest BCUT2D eigenvalue weighted by Gasteiger charge is 2.29. The number of hydrogen-bond donors (Lipinski definition) is 1. The van der Waals surface area contributed by atoms with Gasteiger partial charge in [-0.25, -0.2) is 9.97 Å². The molecule has 0 radical (unpaired) electrons. The van der Waals surface area contributed by atoms with Crippen LogP contribution in [0, 0.1) is 6.92 Å². The largest absolute Gasteiger partial charge is 0.334 e. The van der Waals surface area contributed by atoms with E-state index >= 15 is 0 Å². The summed E-state index contributed by atoms with van der Waals surface area (Å²) < 4.78 is 0. The van der Waals surface area contributed by atoms with E-state index in [1.807, 2.05) is 5.38 Å². The van der Waals surface area contributed by atoms with Crippen molar-refractivity contribution in [3.63, 3.8) is 0 Å². The number of pyridine rings is 1. The van der Waals surface area contributed by atoms with Gasteiger partial charge in [-0.2, -0.15) is 0 Å². The minimum atomic E-state index is -0.651. The van der Waals surface area contributed by atoms with E-state index in [4.69, 9.17) is 11.6 Å². The molecule has 2 aromatic rings. The number of piperidine rings is 1. The maximum atomic E-state index is 12.4. The molecule has 8 heteroatoms. The number of nitrogens with zero attached hydrogens (tertiary/aromatic N) is 3. The van der Waals surface area contributed by atoms with E-state index < -0.39 is 11.8 Å². The molecule has 0 saturated carbocycles. The topological polar surface area (TPSA) is 75.2 Å². The molecule has 2 amide bonds. The summed E-state index contributed by atoms with van der Waals surface area (Å²) in [6.45, 7) is 2.91. The molecule has 1 saturated heterocycles. The van der Waals surface area contributed by atoms with Gasteiger partial charge in [0.15, 0.2) is 0 Å². The number of anilines is 1. The molecular formula is C16H17ClN4O2S. The quantitative estimate of drug-likeness (QED) is 0.656. The van der Waals surface area contributed by atoms with E-state index in [0.717, 1.165) is 23.4 Å². The van der Waals surface area contributed by atoms with E-state index in [2.05, 4.69) is 15.3 Å². The first kappa shape index (κ1) is 16.9. The molecule has 0 aliphatic carbocycles. The summed E-state index contributed by atoms with van der Waals surface area (Å²) in [6.07, 6.45) is 5.07. The number of likely N-dealkylation sites (tertiary alicyclic amines) is 1. The number of rotatable bonds is 2. The highest BCUT2D eigenvalue weighted by atomic mass is 35.5. The number of carbonyl (C=O) groups excluding carboxylic acids is 2. The van der Waals surface area contributed by atoms with Crippen molar-refractivity contribution in [2.75, 3.05) is 18.4 Å². The van der Waals surface area contributed by atoms with Gasteiger partial charge in [0.2, 0.25) is 0 Å². The van der Waals surface area contributed by atoms with Gasteiger partial charge in [0.1, 0.15) is 5.15 Å². The Kier molecular flexibility index (Phi) is 5.11. The maximum Gasteiger partial charge on any atom is 0.313 e. The van der Waals surface area contributed by atoms with E-state index in [-0.39, 0.29) is 5.92 Å². The molecule has 0 bridgehead atoms. The maximum absolute atomic E-state index is 12.4. The highest BCUT2D eigenvalue weighted by Crippen LogP contribution is 2.28. The van der Waals surface area contributed by atoms with Gasteiger partial charge < -0.3 is 10.2 Å². The molecule has 1 atom stereocenters. The van der Waals surface area contributed by atoms with Crippen LogP contribution in [0.25, 0.3) is 0 Å². The van der Waals surface area contributed by atoms with Gasteiger partial charge in [0, 0.05) is 30.6 Å². The van der Waals surface area contributed by atoms with Crippen LogP contribution >= 0.6 is 22.9 Å². The van der Waals surface area contributed by atoms with Gasteiger partial charge in [-0.05, 0) is 31.4 Å². The van der Waals surface area contributed by atoms with Crippen molar-refractivity contribution >= 4 is 40.4 Å². The average Bonchev–Trinajstić information content (AvgIpc) is 3.11. The molecule has 6 nitrogen and oxygen atoms in total. The van der Waals surface area contributed by atoms with Gasteiger partial charge >= 0.3 is 11.8 Å². The average molecular weight is 365 g/mol. The lowest BCUT2D eigenvalue weighted by Gasteiger charge is -2.31. The van der Waals surface area contributed by atoms with Gasteiger partial charge in [0.05, 0.1) is 16.9 Å². The number of carbonyl (C=O) groups is 2. The van der Waals surface area contributed by atoms with Crippen LogP contribution in [0.3, 0.4) is 0 Å². The summed E-state index contributed by atoms with van der Waals surface area (Å²) in [5, 5.41) is 5.92. The molecule has 126 valence electrons. The van der Waals surface area contributed by atoms with Crippen molar-refractivity contribution in [3.05, 3.63) is 39.6 Å².